The summed E-state index contributed by atoms with van der Waals surface area (Å²) < 4.78 is 12.2. The molecule has 26 heavy (non-hydrogen) atoms. The predicted molar refractivity (Wildman–Crippen MR) is 101 cm³/mol. The first-order chi connectivity index (χ1) is 12.7. The number of hydrogen-bond donors (Lipinski definition) is 1. The summed E-state index contributed by atoms with van der Waals surface area (Å²) in [5.74, 6) is 0.924. The summed E-state index contributed by atoms with van der Waals surface area (Å²) in [6.07, 6.45) is 6.71. The Morgan fingerprint density at radius 2 is 1.92 bits per heavy atom. The minimum Gasteiger partial charge on any atom is -0.497 e. The van der Waals surface area contributed by atoms with E-state index in [1.807, 2.05) is 36.5 Å². The highest BCUT2D eigenvalue weighted by atomic mass is 16.5. The lowest BCUT2D eigenvalue weighted by molar-refractivity contribution is -0.111. The fourth-order valence-corrected chi connectivity index (χ4v) is 2.39. The van der Waals surface area contributed by atoms with Gasteiger partial charge in [-0.2, -0.15) is 5.10 Å². The van der Waals surface area contributed by atoms with Crippen LogP contribution in [-0.2, 0) is 4.79 Å². The maximum atomic E-state index is 12.2. The lowest BCUT2D eigenvalue weighted by Crippen LogP contribution is -2.08. The van der Waals surface area contributed by atoms with Crippen molar-refractivity contribution in [2.75, 3.05) is 19.5 Å². The summed E-state index contributed by atoms with van der Waals surface area (Å²) >= 11 is 0. The Morgan fingerprint density at radius 1 is 1.12 bits per heavy atom. The van der Waals surface area contributed by atoms with Crippen molar-refractivity contribution in [2.45, 2.75) is 0 Å². The van der Waals surface area contributed by atoms with E-state index in [1.165, 1.54) is 13.2 Å². The first kappa shape index (κ1) is 17.3. The molecule has 1 N–H and O–H groups in total. The van der Waals surface area contributed by atoms with Gasteiger partial charge in [0.1, 0.15) is 11.5 Å². The molecule has 0 unspecified atom stereocenters. The van der Waals surface area contributed by atoms with Crippen LogP contribution in [0.15, 0.2) is 67.0 Å². The van der Waals surface area contributed by atoms with E-state index >= 15 is 0 Å². The summed E-state index contributed by atoms with van der Waals surface area (Å²) in [5, 5.41) is 7.08. The number of aromatic nitrogens is 2. The van der Waals surface area contributed by atoms with E-state index in [0.29, 0.717) is 17.2 Å². The number of methoxy groups -OCH3 is 2. The van der Waals surface area contributed by atoms with Gasteiger partial charge in [-0.3, -0.25) is 4.79 Å². The molecular weight excluding hydrogens is 330 g/mol. The number of rotatable bonds is 6. The molecule has 6 nitrogen and oxygen atoms in total. The Morgan fingerprint density at radius 3 is 2.65 bits per heavy atom. The van der Waals surface area contributed by atoms with Gasteiger partial charge in [-0.1, -0.05) is 18.2 Å². The van der Waals surface area contributed by atoms with Crippen LogP contribution in [0.1, 0.15) is 5.56 Å². The molecule has 132 valence electrons. The van der Waals surface area contributed by atoms with Crippen molar-refractivity contribution in [1.29, 1.82) is 0 Å². The minimum atomic E-state index is -0.263. The van der Waals surface area contributed by atoms with Crippen LogP contribution >= 0.6 is 0 Å². The van der Waals surface area contributed by atoms with E-state index in [9.17, 15) is 4.79 Å². The molecular formula is C20H19N3O3. The van der Waals surface area contributed by atoms with Gasteiger partial charge < -0.3 is 14.8 Å². The van der Waals surface area contributed by atoms with Crippen LogP contribution in [-0.4, -0.2) is 29.9 Å². The van der Waals surface area contributed by atoms with Crippen molar-refractivity contribution in [2.24, 2.45) is 0 Å². The van der Waals surface area contributed by atoms with E-state index in [1.54, 1.807) is 42.3 Å². The van der Waals surface area contributed by atoms with Crippen molar-refractivity contribution < 1.29 is 14.3 Å². The molecule has 0 saturated heterocycles. The maximum Gasteiger partial charge on any atom is 0.248 e. The zero-order valence-electron chi connectivity index (χ0n) is 14.5. The van der Waals surface area contributed by atoms with E-state index in [4.69, 9.17) is 9.47 Å². The normalized spacial score (nSPS) is 10.7. The Labute approximate surface area is 151 Å². The van der Waals surface area contributed by atoms with Gasteiger partial charge in [0.25, 0.3) is 0 Å². The second-order valence-corrected chi connectivity index (χ2v) is 5.44. The van der Waals surface area contributed by atoms with E-state index in [-0.39, 0.29) is 5.91 Å². The monoisotopic (exact) mass is 349 g/mol. The van der Waals surface area contributed by atoms with Gasteiger partial charge in [0.2, 0.25) is 5.91 Å². The average Bonchev–Trinajstić information content (AvgIpc) is 3.16. The number of nitrogens with zero attached hydrogens (tertiary/aromatic N) is 2. The topological polar surface area (TPSA) is 65.4 Å². The Bertz CT molecular complexity index is 917. The molecule has 2 aromatic carbocycles. The average molecular weight is 349 g/mol. The van der Waals surface area contributed by atoms with Crippen molar-refractivity contribution in [3.8, 4) is 17.2 Å². The standard InChI is InChI=1S/C20H19N3O3/c1-25-17-9-10-18(19(12-17)26-2)22-20(24)11-8-15-13-21-23(14-15)16-6-4-3-5-7-16/h3-14H,1-2H3,(H,22,24). The first-order valence-corrected chi connectivity index (χ1v) is 8.01. The minimum absolute atomic E-state index is 0.263. The molecule has 0 bridgehead atoms. The first-order valence-electron chi connectivity index (χ1n) is 8.01. The smallest absolute Gasteiger partial charge is 0.248 e. The van der Waals surface area contributed by atoms with Crippen LogP contribution in [0.5, 0.6) is 11.5 Å². The number of anilines is 1. The summed E-state index contributed by atoms with van der Waals surface area (Å²) in [4.78, 5) is 12.2. The van der Waals surface area contributed by atoms with E-state index in [2.05, 4.69) is 10.4 Å². The summed E-state index contributed by atoms with van der Waals surface area (Å²) in [7, 11) is 3.11. The van der Waals surface area contributed by atoms with Crippen molar-refractivity contribution in [1.82, 2.24) is 9.78 Å². The summed E-state index contributed by atoms with van der Waals surface area (Å²) in [6.45, 7) is 0. The number of ether oxygens (including phenoxy) is 2. The van der Waals surface area contributed by atoms with E-state index in [0.717, 1.165) is 11.3 Å². The fourth-order valence-electron chi connectivity index (χ4n) is 2.39. The van der Waals surface area contributed by atoms with Crippen LogP contribution in [0.4, 0.5) is 5.69 Å². The Kier molecular flexibility index (Phi) is 5.34. The van der Waals surface area contributed by atoms with Gasteiger partial charge in [-0.25, -0.2) is 4.68 Å². The highest BCUT2D eigenvalue weighted by Gasteiger charge is 2.07. The molecule has 6 heteroatoms. The van der Waals surface area contributed by atoms with Crippen LogP contribution in [0.3, 0.4) is 0 Å². The van der Waals surface area contributed by atoms with Crippen molar-refractivity contribution in [3.63, 3.8) is 0 Å². The molecule has 1 aromatic heterocycles. The zero-order chi connectivity index (χ0) is 18.4. The van der Waals surface area contributed by atoms with Gasteiger partial charge in [-0.05, 0) is 30.3 Å². The Hall–Kier alpha value is -3.54. The molecule has 0 aliphatic heterocycles. The van der Waals surface area contributed by atoms with Crippen molar-refractivity contribution >= 4 is 17.7 Å². The summed E-state index contributed by atoms with van der Waals surface area (Å²) in [6, 6.07) is 15.0. The molecule has 0 fully saturated rings. The third-order valence-electron chi connectivity index (χ3n) is 3.72. The van der Waals surface area contributed by atoms with Gasteiger partial charge in [0.05, 0.1) is 31.8 Å². The third kappa shape index (κ3) is 4.10. The highest BCUT2D eigenvalue weighted by molar-refractivity contribution is 6.02. The highest BCUT2D eigenvalue weighted by Crippen LogP contribution is 2.28. The Balaban J connectivity index is 1.68. The third-order valence-corrected chi connectivity index (χ3v) is 3.72. The number of nitrogens with one attached hydrogen (secondary N) is 1. The molecule has 1 heterocycles. The van der Waals surface area contributed by atoms with Gasteiger partial charge in [0.15, 0.2) is 0 Å². The molecule has 3 rings (SSSR count). The second kappa shape index (κ2) is 8.02. The molecule has 0 saturated carbocycles. The van der Waals surface area contributed by atoms with Crippen LogP contribution in [0.25, 0.3) is 11.8 Å². The van der Waals surface area contributed by atoms with Gasteiger partial charge in [-0.15, -0.1) is 0 Å². The maximum absolute atomic E-state index is 12.2. The number of benzene rings is 2. The quantitative estimate of drug-likeness (QED) is 0.691. The lowest BCUT2D eigenvalue weighted by atomic mass is 10.2. The van der Waals surface area contributed by atoms with Crippen molar-refractivity contribution in [3.05, 3.63) is 72.6 Å². The number of amides is 1. The largest absolute Gasteiger partial charge is 0.497 e. The number of hydrogen-bond acceptors (Lipinski definition) is 4. The predicted octanol–water partition coefficient (Wildman–Crippen LogP) is 3.54. The van der Waals surface area contributed by atoms with E-state index < -0.39 is 0 Å². The fraction of sp³-hybridized carbons (Fsp3) is 0.100. The number of carbonyl (C=O) groups excluding carboxylic acids is 1. The van der Waals surface area contributed by atoms with Crippen LogP contribution in [0, 0.1) is 0 Å². The van der Waals surface area contributed by atoms with Crippen LogP contribution < -0.4 is 14.8 Å². The molecule has 0 aliphatic rings. The molecule has 0 spiro atoms. The molecule has 0 atom stereocenters. The molecule has 0 radical (unpaired) electrons. The van der Waals surface area contributed by atoms with Gasteiger partial charge >= 0.3 is 0 Å². The second-order valence-electron chi connectivity index (χ2n) is 5.44. The zero-order valence-corrected chi connectivity index (χ0v) is 14.5. The molecule has 3 aromatic rings. The number of para-hydroxylation sites is 1. The van der Waals surface area contributed by atoms with Gasteiger partial charge in [0, 0.05) is 23.9 Å². The SMILES string of the molecule is COc1ccc(NC(=O)C=Cc2cnn(-c3ccccc3)c2)c(OC)c1. The number of carbonyl (C=O) groups is 1. The summed E-state index contributed by atoms with van der Waals surface area (Å²) in [5.41, 5.74) is 2.35. The van der Waals surface area contributed by atoms with Crippen LogP contribution in [0.2, 0.25) is 0 Å². The lowest BCUT2D eigenvalue weighted by Gasteiger charge is -2.10. The molecule has 1 amide bonds. The molecule has 0 aliphatic carbocycles.